The molecule has 0 aliphatic heterocycles. The summed E-state index contributed by atoms with van der Waals surface area (Å²) in [5, 5.41) is 3.62. The fourth-order valence-corrected chi connectivity index (χ4v) is 2.13. The molecule has 0 amide bonds. The summed E-state index contributed by atoms with van der Waals surface area (Å²) < 4.78 is 5.10. The van der Waals surface area contributed by atoms with Crippen LogP contribution in [0, 0.1) is 0 Å². The molecule has 0 saturated heterocycles. The van der Waals surface area contributed by atoms with Gasteiger partial charge in [0.2, 0.25) is 0 Å². The van der Waals surface area contributed by atoms with Gasteiger partial charge in [-0.3, -0.25) is 0 Å². The molecule has 1 N–H and O–H groups in total. The average molecular weight is 249 g/mol. The van der Waals surface area contributed by atoms with Crippen molar-refractivity contribution in [3.05, 3.63) is 35.4 Å². The molecular formula is C16H27NO. The number of ether oxygens (including phenoxy) is 1. The highest BCUT2D eigenvalue weighted by molar-refractivity contribution is 5.25. The van der Waals surface area contributed by atoms with Crippen molar-refractivity contribution < 1.29 is 4.74 Å². The van der Waals surface area contributed by atoms with Gasteiger partial charge < -0.3 is 10.1 Å². The first-order chi connectivity index (χ1) is 8.81. The minimum atomic E-state index is 0.506. The Morgan fingerprint density at radius 1 is 1.11 bits per heavy atom. The van der Waals surface area contributed by atoms with Crippen molar-refractivity contribution in [1.29, 1.82) is 0 Å². The lowest BCUT2D eigenvalue weighted by Crippen LogP contribution is -2.21. The predicted molar refractivity (Wildman–Crippen MR) is 78.0 cm³/mol. The second-order valence-electron chi connectivity index (χ2n) is 4.78. The van der Waals surface area contributed by atoms with E-state index in [1.807, 2.05) is 0 Å². The normalized spacial score (nSPS) is 12.6. The van der Waals surface area contributed by atoms with Crippen LogP contribution in [0.5, 0.6) is 0 Å². The third-order valence-electron chi connectivity index (χ3n) is 3.20. The third-order valence-corrected chi connectivity index (χ3v) is 3.20. The van der Waals surface area contributed by atoms with Gasteiger partial charge in [-0.25, -0.2) is 0 Å². The molecule has 102 valence electrons. The molecule has 0 fully saturated rings. The van der Waals surface area contributed by atoms with Crippen LogP contribution in [-0.2, 0) is 11.2 Å². The van der Waals surface area contributed by atoms with E-state index in [0.29, 0.717) is 6.04 Å². The van der Waals surface area contributed by atoms with Crippen LogP contribution in [0.15, 0.2) is 24.3 Å². The Labute approximate surface area is 112 Å². The van der Waals surface area contributed by atoms with Crippen LogP contribution in [0.2, 0.25) is 0 Å². The highest BCUT2D eigenvalue weighted by Crippen LogP contribution is 2.19. The standard InChI is InChI=1S/C16H27NO/c1-4-6-16(17-12-5-2)15-9-7-14(8-10-15)11-13-18-3/h7-10,16-17H,4-6,11-13H2,1-3H3. The van der Waals surface area contributed by atoms with Gasteiger partial charge in [-0.05, 0) is 36.9 Å². The monoisotopic (exact) mass is 249 g/mol. The van der Waals surface area contributed by atoms with Crippen LogP contribution in [-0.4, -0.2) is 20.3 Å². The van der Waals surface area contributed by atoms with Crippen LogP contribution in [0.1, 0.15) is 50.3 Å². The number of benzene rings is 1. The van der Waals surface area contributed by atoms with E-state index in [-0.39, 0.29) is 0 Å². The topological polar surface area (TPSA) is 21.3 Å². The Hall–Kier alpha value is -0.860. The molecule has 1 atom stereocenters. The molecule has 1 unspecified atom stereocenters. The molecule has 0 saturated carbocycles. The van der Waals surface area contributed by atoms with Crippen molar-refractivity contribution in [3.63, 3.8) is 0 Å². The molecule has 0 radical (unpaired) electrons. The summed E-state index contributed by atoms with van der Waals surface area (Å²) in [6.07, 6.45) is 4.61. The first-order valence-electron chi connectivity index (χ1n) is 7.13. The van der Waals surface area contributed by atoms with E-state index in [9.17, 15) is 0 Å². The van der Waals surface area contributed by atoms with Crippen molar-refractivity contribution in [2.45, 2.75) is 45.6 Å². The smallest absolute Gasteiger partial charge is 0.0502 e. The molecule has 0 bridgehead atoms. The Morgan fingerprint density at radius 2 is 1.83 bits per heavy atom. The summed E-state index contributed by atoms with van der Waals surface area (Å²) in [4.78, 5) is 0. The van der Waals surface area contributed by atoms with Gasteiger partial charge in [0.05, 0.1) is 6.61 Å². The number of rotatable bonds is 9. The van der Waals surface area contributed by atoms with E-state index in [4.69, 9.17) is 4.74 Å². The van der Waals surface area contributed by atoms with Crippen LogP contribution in [0.4, 0.5) is 0 Å². The summed E-state index contributed by atoms with van der Waals surface area (Å²) in [5.74, 6) is 0. The Kier molecular flexibility index (Phi) is 7.70. The lowest BCUT2D eigenvalue weighted by Gasteiger charge is -2.18. The molecule has 0 aliphatic carbocycles. The predicted octanol–water partition coefficient (Wildman–Crippen LogP) is 3.72. The molecule has 0 aromatic heterocycles. The lowest BCUT2D eigenvalue weighted by atomic mass is 10.00. The summed E-state index contributed by atoms with van der Waals surface area (Å²) in [6.45, 7) is 6.35. The molecule has 2 nitrogen and oxygen atoms in total. The fourth-order valence-electron chi connectivity index (χ4n) is 2.13. The molecular weight excluding hydrogens is 222 g/mol. The molecule has 0 aliphatic rings. The zero-order valence-electron chi connectivity index (χ0n) is 12.0. The summed E-state index contributed by atoms with van der Waals surface area (Å²) in [7, 11) is 1.75. The van der Waals surface area contributed by atoms with Gasteiger partial charge >= 0.3 is 0 Å². The van der Waals surface area contributed by atoms with Gasteiger partial charge in [0, 0.05) is 13.2 Å². The molecule has 1 aromatic rings. The number of hydrogen-bond acceptors (Lipinski definition) is 2. The minimum Gasteiger partial charge on any atom is -0.384 e. The largest absolute Gasteiger partial charge is 0.384 e. The lowest BCUT2D eigenvalue weighted by molar-refractivity contribution is 0.202. The maximum Gasteiger partial charge on any atom is 0.0502 e. The third kappa shape index (κ3) is 5.19. The van der Waals surface area contributed by atoms with Gasteiger partial charge in [0.25, 0.3) is 0 Å². The zero-order chi connectivity index (χ0) is 13.2. The maximum absolute atomic E-state index is 5.10. The number of methoxy groups -OCH3 is 1. The van der Waals surface area contributed by atoms with E-state index in [2.05, 4.69) is 43.4 Å². The number of nitrogens with one attached hydrogen (secondary N) is 1. The van der Waals surface area contributed by atoms with Gasteiger partial charge in [-0.15, -0.1) is 0 Å². The second kappa shape index (κ2) is 9.12. The van der Waals surface area contributed by atoms with Gasteiger partial charge in [-0.1, -0.05) is 44.5 Å². The first kappa shape index (κ1) is 15.2. The van der Waals surface area contributed by atoms with Gasteiger partial charge in [0.15, 0.2) is 0 Å². The fraction of sp³-hybridized carbons (Fsp3) is 0.625. The van der Waals surface area contributed by atoms with E-state index in [1.165, 1.54) is 30.4 Å². The minimum absolute atomic E-state index is 0.506. The Balaban J connectivity index is 2.61. The quantitative estimate of drug-likeness (QED) is 0.720. The van der Waals surface area contributed by atoms with Crippen molar-refractivity contribution in [2.75, 3.05) is 20.3 Å². The van der Waals surface area contributed by atoms with Crippen LogP contribution >= 0.6 is 0 Å². The maximum atomic E-state index is 5.10. The highest BCUT2D eigenvalue weighted by atomic mass is 16.5. The van der Waals surface area contributed by atoms with Crippen molar-refractivity contribution in [1.82, 2.24) is 5.32 Å². The van der Waals surface area contributed by atoms with Crippen molar-refractivity contribution in [2.24, 2.45) is 0 Å². The zero-order valence-corrected chi connectivity index (χ0v) is 12.0. The van der Waals surface area contributed by atoms with E-state index in [1.54, 1.807) is 7.11 Å². The highest BCUT2D eigenvalue weighted by Gasteiger charge is 2.08. The van der Waals surface area contributed by atoms with Crippen LogP contribution in [0.25, 0.3) is 0 Å². The molecule has 2 heteroatoms. The summed E-state index contributed by atoms with van der Waals surface area (Å²) >= 11 is 0. The SMILES string of the molecule is CCCNC(CCC)c1ccc(CCOC)cc1. The Morgan fingerprint density at radius 3 is 2.39 bits per heavy atom. The molecule has 18 heavy (non-hydrogen) atoms. The van der Waals surface area contributed by atoms with Crippen molar-refractivity contribution >= 4 is 0 Å². The summed E-state index contributed by atoms with van der Waals surface area (Å²) in [5.41, 5.74) is 2.76. The number of hydrogen-bond donors (Lipinski definition) is 1. The van der Waals surface area contributed by atoms with E-state index < -0.39 is 0 Å². The summed E-state index contributed by atoms with van der Waals surface area (Å²) in [6, 6.07) is 9.48. The van der Waals surface area contributed by atoms with E-state index >= 15 is 0 Å². The van der Waals surface area contributed by atoms with Gasteiger partial charge in [-0.2, -0.15) is 0 Å². The first-order valence-corrected chi connectivity index (χ1v) is 7.13. The molecule has 1 aromatic carbocycles. The van der Waals surface area contributed by atoms with E-state index in [0.717, 1.165) is 19.6 Å². The Bertz CT molecular complexity index is 307. The molecule has 1 rings (SSSR count). The average Bonchev–Trinajstić information content (AvgIpc) is 2.42. The molecule has 0 heterocycles. The van der Waals surface area contributed by atoms with Crippen LogP contribution < -0.4 is 5.32 Å². The molecule has 0 spiro atoms. The van der Waals surface area contributed by atoms with Crippen LogP contribution in [0.3, 0.4) is 0 Å². The van der Waals surface area contributed by atoms with Gasteiger partial charge in [0.1, 0.15) is 0 Å². The second-order valence-corrected chi connectivity index (χ2v) is 4.78. The van der Waals surface area contributed by atoms with Crippen molar-refractivity contribution in [3.8, 4) is 0 Å².